The van der Waals surface area contributed by atoms with Crippen LogP contribution in [0, 0.1) is 0 Å². The highest BCUT2D eigenvalue weighted by Crippen LogP contribution is 2.18. The van der Waals surface area contributed by atoms with Crippen LogP contribution in [0.4, 0.5) is 6.01 Å². The average molecular weight is 228 g/mol. The van der Waals surface area contributed by atoms with Crippen molar-refractivity contribution in [1.82, 2.24) is 10.2 Å². The Kier molecular flexibility index (Phi) is 3.37. The second kappa shape index (κ2) is 4.77. The number of rotatable bonds is 3. The molecule has 16 heavy (non-hydrogen) atoms. The van der Waals surface area contributed by atoms with Crippen molar-refractivity contribution in [3.63, 3.8) is 0 Å². The van der Waals surface area contributed by atoms with Crippen molar-refractivity contribution in [2.24, 2.45) is 5.73 Å². The number of aliphatic hydroxyl groups is 1. The minimum atomic E-state index is -0.268. The number of hydrogen-bond acceptors (Lipinski definition) is 7. The fourth-order valence-corrected chi connectivity index (χ4v) is 1.54. The number of morpholine rings is 1. The van der Waals surface area contributed by atoms with Gasteiger partial charge in [0.05, 0.1) is 31.9 Å². The van der Waals surface area contributed by atoms with Crippen LogP contribution in [0.1, 0.15) is 18.9 Å². The standard InChI is InChI=1S/C9H16N4O3/c1-6(10)8-11-12-9(16-8)13-2-3-15-7(4-13)5-14/h6-7,14H,2-5,10H2,1H3. The summed E-state index contributed by atoms with van der Waals surface area (Å²) in [5, 5.41) is 16.8. The summed E-state index contributed by atoms with van der Waals surface area (Å²) in [6.07, 6.45) is -0.195. The minimum absolute atomic E-state index is 0.00914. The molecule has 2 rings (SSSR count). The summed E-state index contributed by atoms with van der Waals surface area (Å²) in [7, 11) is 0. The lowest BCUT2D eigenvalue weighted by Crippen LogP contribution is -2.44. The Balaban J connectivity index is 2.05. The highest BCUT2D eigenvalue weighted by Gasteiger charge is 2.24. The number of anilines is 1. The van der Waals surface area contributed by atoms with Gasteiger partial charge in [-0.05, 0) is 6.92 Å². The number of aromatic nitrogens is 2. The van der Waals surface area contributed by atoms with Crippen LogP contribution < -0.4 is 10.6 Å². The summed E-state index contributed by atoms with van der Waals surface area (Å²) >= 11 is 0. The second-order valence-electron chi connectivity index (χ2n) is 3.83. The van der Waals surface area contributed by atoms with E-state index in [1.165, 1.54) is 0 Å². The highest BCUT2D eigenvalue weighted by atomic mass is 16.5. The smallest absolute Gasteiger partial charge is 0.318 e. The maximum atomic E-state index is 9.01. The van der Waals surface area contributed by atoms with E-state index in [1.807, 2.05) is 4.90 Å². The van der Waals surface area contributed by atoms with E-state index in [1.54, 1.807) is 6.92 Å². The van der Waals surface area contributed by atoms with Crippen molar-refractivity contribution >= 4 is 6.01 Å². The van der Waals surface area contributed by atoms with Crippen molar-refractivity contribution in [3.05, 3.63) is 5.89 Å². The predicted octanol–water partition coefficient (Wildman–Crippen LogP) is -0.713. The molecular weight excluding hydrogens is 212 g/mol. The Labute approximate surface area is 93.2 Å². The third kappa shape index (κ3) is 2.31. The Bertz CT molecular complexity index is 341. The molecule has 3 N–H and O–H groups in total. The van der Waals surface area contributed by atoms with Crippen LogP contribution in [0.5, 0.6) is 0 Å². The van der Waals surface area contributed by atoms with E-state index in [9.17, 15) is 0 Å². The van der Waals surface area contributed by atoms with Gasteiger partial charge in [0.15, 0.2) is 0 Å². The van der Waals surface area contributed by atoms with Crippen LogP contribution in [-0.2, 0) is 4.74 Å². The largest absolute Gasteiger partial charge is 0.406 e. The maximum absolute atomic E-state index is 9.01. The lowest BCUT2D eigenvalue weighted by Gasteiger charge is -2.30. The highest BCUT2D eigenvalue weighted by molar-refractivity contribution is 5.25. The van der Waals surface area contributed by atoms with Crippen LogP contribution in [0.3, 0.4) is 0 Å². The molecule has 2 unspecified atom stereocenters. The Hall–Kier alpha value is -1.18. The number of aliphatic hydroxyl groups excluding tert-OH is 1. The summed E-state index contributed by atoms with van der Waals surface area (Å²) in [6, 6.07) is 0.171. The molecule has 1 aliphatic heterocycles. The van der Waals surface area contributed by atoms with Crippen LogP contribution in [0.25, 0.3) is 0 Å². The molecule has 7 heteroatoms. The van der Waals surface area contributed by atoms with E-state index in [0.717, 1.165) is 0 Å². The minimum Gasteiger partial charge on any atom is -0.406 e. The van der Waals surface area contributed by atoms with Crippen LogP contribution in [0.15, 0.2) is 4.42 Å². The van der Waals surface area contributed by atoms with Crippen molar-refractivity contribution in [3.8, 4) is 0 Å². The molecule has 0 spiro atoms. The second-order valence-corrected chi connectivity index (χ2v) is 3.83. The monoisotopic (exact) mass is 228 g/mol. The summed E-state index contributed by atoms with van der Waals surface area (Å²) in [4.78, 5) is 1.89. The molecule has 90 valence electrons. The number of ether oxygens (including phenoxy) is 1. The fraction of sp³-hybridized carbons (Fsp3) is 0.778. The molecule has 0 aliphatic carbocycles. The van der Waals surface area contributed by atoms with E-state index in [-0.39, 0.29) is 18.8 Å². The zero-order valence-electron chi connectivity index (χ0n) is 9.17. The molecule has 1 aliphatic rings. The number of nitrogens with zero attached hydrogens (tertiary/aromatic N) is 3. The molecule has 0 radical (unpaired) electrons. The first-order valence-corrected chi connectivity index (χ1v) is 5.27. The quantitative estimate of drug-likeness (QED) is 0.705. The van der Waals surface area contributed by atoms with E-state index in [2.05, 4.69) is 10.2 Å². The lowest BCUT2D eigenvalue weighted by molar-refractivity contribution is 0.00223. The van der Waals surface area contributed by atoms with E-state index in [0.29, 0.717) is 31.6 Å². The van der Waals surface area contributed by atoms with Gasteiger partial charge in [0.25, 0.3) is 0 Å². The van der Waals surface area contributed by atoms with Crippen LogP contribution >= 0.6 is 0 Å². The van der Waals surface area contributed by atoms with Gasteiger partial charge in [0.2, 0.25) is 5.89 Å². The Morgan fingerprint density at radius 1 is 1.62 bits per heavy atom. The zero-order valence-corrected chi connectivity index (χ0v) is 9.17. The van der Waals surface area contributed by atoms with Crippen molar-refractivity contribution in [1.29, 1.82) is 0 Å². The molecule has 1 fully saturated rings. The molecule has 7 nitrogen and oxygen atoms in total. The number of nitrogens with two attached hydrogens (primary N) is 1. The Morgan fingerprint density at radius 2 is 2.44 bits per heavy atom. The third-order valence-corrected chi connectivity index (χ3v) is 2.43. The normalized spacial score (nSPS) is 23.4. The van der Waals surface area contributed by atoms with Crippen LogP contribution in [0.2, 0.25) is 0 Å². The molecule has 0 saturated carbocycles. The van der Waals surface area contributed by atoms with Crippen LogP contribution in [-0.4, -0.2) is 47.7 Å². The average Bonchev–Trinajstić information content (AvgIpc) is 2.78. The summed E-state index contributed by atoms with van der Waals surface area (Å²) < 4.78 is 10.7. The summed E-state index contributed by atoms with van der Waals surface area (Å²) in [6.45, 7) is 3.55. The molecule has 0 amide bonds. The maximum Gasteiger partial charge on any atom is 0.318 e. The van der Waals surface area contributed by atoms with Gasteiger partial charge in [0, 0.05) is 6.54 Å². The summed E-state index contributed by atoms with van der Waals surface area (Å²) in [5.41, 5.74) is 5.63. The molecule has 0 aromatic carbocycles. The molecule has 2 heterocycles. The van der Waals surface area contributed by atoms with Gasteiger partial charge >= 0.3 is 6.01 Å². The zero-order chi connectivity index (χ0) is 11.5. The van der Waals surface area contributed by atoms with Gasteiger partial charge in [0.1, 0.15) is 0 Å². The predicted molar refractivity (Wildman–Crippen MR) is 55.9 cm³/mol. The van der Waals surface area contributed by atoms with E-state index >= 15 is 0 Å². The van der Waals surface area contributed by atoms with E-state index < -0.39 is 0 Å². The van der Waals surface area contributed by atoms with Gasteiger partial charge in [-0.1, -0.05) is 5.10 Å². The Morgan fingerprint density at radius 3 is 3.06 bits per heavy atom. The van der Waals surface area contributed by atoms with Gasteiger partial charge in [-0.2, -0.15) is 0 Å². The lowest BCUT2D eigenvalue weighted by atomic mass is 10.3. The third-order valence-electron chi connectivity index (χ3n) is 2.43. The van der Waals surface area contributed by atoms with Gasteiger partial charge < -0.3 is 24.9 Å². The van der Waals surface area contributed by atoms with Gasteiger partial charge in [-0.3, -0.25) is 0 Å². The van der Waals surface area contributed by atoms with Crippen molar-refractivity contribution in [2.45, 2.75) is 19.1 Å². The molecule has 1 saturated heterocycles. The first-order chi connectivity index (χ1) is 7.70. The molecule has 1 aromatic rings. The van der Waals surface area contributed by atoms with E-state index in [4.69, 9.17) is 20.0 Å². The molecule has 2 atom stereocenters. The molecular formula is C9H16N4O3. The fourth-order valence-electron chi connectivity index (χ4n) is 1.54. The molecule has 1 aromatic heterocycles. The van der Waals surface area contributed by atoms with Crippen molar-refractivity contribution in [2.75, 3.05) is 31.2 Å². The van der Waals surface area contributed by atoms with Gasteiger partial charge in [-0.15, -0.1) is 5.10 Å². The first kappa shape index (κ1) is 11.3. The first-order valence-electron chi connectivity index (χ1n) is 5.27. The number of hydrogen-bond donors (Lipinski definition) is 2. The topological polar surface area (TPSA) is 97.6 Å². The molecule has 0 bridgehead atoms. The van der Waals surface area contributed by atoms with Crippen molar-refractivity contribution < 1.29 is 14.3 Å². The SMILES string of the molecule is CC(N)c1nnc(N2CCOC(CO)C2)o1. The summed E-state index contributed by atoms with van der Waals surface area (Å²) in [5.74, 6) is 0.419. The van der Waals surface area contributed by atoms with Gasteiger partial charge in [-0.25, -0.2) is 0 Å².